The predicted octanol–water partition coefficient (Wildman–Crippen LogP) is 3.94. The summed E-state index contributed by atoms with van der Waals surface area (Å²) in [6.45, 7) is 4.10. The van der Waals surface area contributed by atoms with Gasteiger partial charge >= 0.3 is 11.9 Å². The summed E-state index contributed by atoms with van der Waals surface area (Å²) in [5, 5.41) is 33.3. The van der Waals surface area contributed by atoms with Crippen molar-refractivity contribution in [2.24, 2.45) is 5.41 Å². The molecule has 0 saturated carbocycles. The molecule has 0 fully saturated rings. The lowest BCUT2D eigenvalue weighted by Gasteiger charge is -2.23. The number of benzene rings is 1. The normalized spacial score (nSPS) is 16.9. The smallest absolute Gasteiger partial charge is 0.331 e. The van der Waals surface area contributed by atoms with E-state index in [0.29, 0.717) is 11.9 Å². The predicted molar refractivity (Wildman–Crippen MR) is 124 cm³/mol. The first-order valence-corrected chi connectivity index (χ1v) is 10.5. The van der Waals surface area contributed by atoms with Crippen molar-refractivity contribution in [2.45, 2.75) is 33.2 Å². The number of hydrogen-bond acceptors (Lipinski definition) is 6. The fourth-order valence-electron chi connectivity index (χ4n) is 3.57. The molecule has 0 radical (unpaired) electrons. The van der Waals surface area contributed by atoms with E-state index >= 15 is 0 Å². The highest BCUT2D eigenvalue weighted by Gasteiger charge is 2.34. The number of nitrogens with zero attached hydrogens (tertiary/aromatic N) is 4. The third-order valence-corrected chi connectivity index (χ3v) is 5.47. The summed E-state index contributed by atoms with van der Waals surface area (Å²) in [7, 11) is 0. The molecule has 10 heteroatoms. The zero-order chi connectivity index (χ0) is 24.9. The average molecular weight is 464 g/mol. The maximum absolute atomic E-state index is 11.0. The van der Waals surface area contributed by atoms with Crippen LogP contribution in [0, 0.1) is 22.5 Å². The molecular weight excluding hydrogens is 440 g/mol. The van der Waals surface area contributed by atoms with Crippen LogP contribution in [0.2, 0.25) is 0 Å². The van der Waals surface area contributed by atoms with Gasteiger partial charge in [-0.3, -0.25) is 24.6 Å². The number of carboxylic acids is 2. The molecule has 3 aromatic rings. The van der Waals surface area contributed by atoms with Crippen LogP contribution in [0.4, 0.5) is 5.69 Å². The highest BCUT2D eigenvalue weighted by Crippen LogP contribution is 2.31. The molecule has 0 bridgehead atoms. The Hall–Kier alpha value is -4.34. The number of nitro benzene ring substituents is 1. The quantitative estimate of drug-likeness (QED) is 0.412. The van der Waals surface area contributed by atoms with Crippen molar-refractivity contribution in [2.75, 3.05) is 0 Å². The van der Waals surface area contributed by atoms with Gasteiger partial charge in [0.1, 0.15) is 0 Å². The van der Waals surface area contributed by atoms with Crippen LogP contribution in [-0.4, -0.2) is 41.8 Å². The van der Waals surface area contributed by atoms with Gasteiger partial charge in [0.2, 0.25) is 0 Å². The lowest BCUT2D eigenvalue weighted by molar-refractivity contribution is -0.383. The molecule has 0 amide bonds. The molecule has 34 heavy (non-hydrogen) atoms. The van der Waals surface area contributed by atoms with Crippen LogP contribution < -0.4 is 0 Å². The van der Waals surface area contributed by atoms with E-state index in [-0.39, 0.29) is 22.6 Å². The first-order valence-electron chi connectivity index (χ1n) is 10.5. The molecule has 10 nitrogen and oxygen atoms in total. The minimum absolute atomic E-state index is 0.0359. The molecule has 2 aromatic heterocycles. The summed E-state index contributed by atoms with van der Waals surface area (Å²) >= 11 is 0. The molecule has 0 saturated heterocycles. The Morgan fingerprint density at radius 2 is 1.94 bits per heavy atom. The van der Waals surface area contributed by atoms with Gasteiger partial charge < -0.3 is 10.2 Å². The van der Waals surface area contributed by atoms with Gasteiger partial charge in [-0.2, -0.15) is 5.10 Å². The summed E-state index contributed by atoms with van der Waals surface area (Å²) in [6.07, 6.45) is 6.72. The highest BCUT2D eigenvalue weighted by molar-refractivity contribution is 5.90. The van der Waals surface area contributed by atoms with Crippen LogP contribution in [0.3, 0.4) is 0 Å². The lowest BCUT2D eigenvalue weighted by atomic mass is 9.80. The van der Waals surface area contributed by atoms with Gasteiger partial charge in [0, 0.05) is 36.0 Å². The third-order valence-electron chi connectivity index (χ3n) is 5.47. The van der Waals surface area contributed by atoms with Gasteiger partial charge in [0.25, 0.3) is 5.69 Å². The summed E-state index contributed by atoms with van der Waals surface area (Å²) in [5.41, 5.74) is 1.89. The average Bonchev–Trinajstić information content (AvgIpc) is 3.21. The molecule has 1 aromatic carbocycles. The van der Waals surface area contributed by atoms with Gasteiger partial charge in [-0.25, -0.2) is 4.79 Å². The number of fused-ring (bicyclic) bond motifs is 1. The van der Waals surface area contributed by atoms with Gasteiger partial charge in [-0.15, -0.1) is 0 Å². The Morgan fingerprint density at radius 1 is 1.21 bits per heavy atom. The minimum Gasteiger partial charge on any atom is -0.481 e. The lowest BCUT2D eigenvalue weighted by Crippen LogP contribution is -2.28. The highest BCUT2D eigenvalue weighted by atomic mass is 16.6. The van der Waals surface area contributed by atoms with E-state index in [0.717, 1.165) is 23.3 Å². The van der Waals surface area contributed by atoms with Gasteiger partial charge in [0.05, 0.1) is 27.4 Å². The molecular formula is C24H24N4O6. The van der Waals surface area contributed by atoms with Crippen molar-refractivity contribution in [3.05, 3.63) is 87.9 Å². The standard InChI is InChI=1S/C15H14N4O2.C9H10O4/c1-11-4-2-5-12(17-11)8-9-18-14-6-3-7-15(19(20)21)13(14)10-16-18;1-9(8(12)13)4-2-3-6(5-9)7(10)11/h2-7,10H,8-9H2,1H3;2-4H,5H2,1H3,(H,10,11)(H,12,13). The Labute approximate surface area is 195 Å². The third kappa shape index (κ3) is 5.52. The van der Waals surface area contributed by atoms with Crippen LogP contribution >= 0.6 is 0 Å². The number of aromatic nitrogens is 3. The van der Waals surface area contributed by atoms with E-state index < -0.39 is 17.4 Å². The van der Waals surface area contributed by atoms with Crippen molar-refractivity contribution >= 4 is 28.5 Å². The molecule has 0 aliphatic heterocycles. The zero-order valence-corrected chi connectivity index (χ0v) is 18.7. The molecule has 176 valence electrons. The van der Waals surface area contributed by atoms with Crippen molar-refractivity contribution in [3.8, 4) is 0 Å². The maximum Gasteiger partial charge on any atom is 0.331 e. The van der Waals surface area contributed by atoms with Gasteiger partial charge in [0.15, 0.2) is 0 Å². The molecule has 2 N–H and O–H groups in total. The second kappa shape index (κ2) is 10.1. The van der Waals surface area contributed by atoms with E-state index in [1.54, 1.807) is 16.9 Å². The van der Waals surface area contributed by atoms with Crippen LogP contribution in [-0.2, 0) is 22.6 Å². The molecule has 1 aliphatic carbocycles. The molecule has 1 unspecified atom stereocenters. The van der Waals surface area contributed by atoms with Crippen molar-refractivity contribution in [1.82, 2.24) is 14.8 Å². The number of non-ortho nitro benzene ring substituents is 1. The number of pyridine rings is 1. The number of carboxylic acid groups (broad SMARTS) is 2. The number of hydrogen-bond donors (Lipinski definition) is 2. The van der Waals surface area contributed by atoms with Crippen molar-refractivity contribution in [1.29, 1.82) is 0 Å². The van der Waals surface area contributed by atoms with E-state index in [1.165, 1.54) is 31.2 Å². The second-order valence-corrected chi connectivity index (χ2v) is 8.11. The van der Waals surface area contributed by atoms with Crippen LogP contribution in [0.25, 0.3) is 10.9 Å². The van der Waals surface area contributed by atoms with Crippen molar-refractivity contribution < 1.29 is 24.7 Å². The molecule has 1 atom stereocenters. The SMILES string of the molecule is CC1(C(=O)O)C=CC=C(C(=O)O)C1.Cc1cccc(CCn2ncc3c([N+](=O)[O-])cccc32)n1. The molecule has 0 spiro atoms. The molecule has 1 aliphatic rings. The largest absolute Gasteiger partial charge is 0.481 e. The Kier molecular flexibility index (Phi) is 7.20. The van der Waals surface area contributed by atoms with E-state index in [1.807, 2.05) is 31.2 Å². The monoisotopic (exact) mass is 464 g/mol. The second-order valence-electron chi connectivity index (χ2n) is 8.11. The Balaban J connectivity index is 0.000000215. The topological polar surface area (TPSA) is 148 Å². The van der Waals surface area contributed by atoms with Crippen LogP contribution in [0.15, 0.2) is 66.4 Å². The number of nitro groups is 1. The van der Waals surface area contributed by atoms with Crippen molar-refractivity contribution in [3.63, 3.8) is 0 Å². The van der Waals surface area contributed by atoms with Crippen LogP contribution in [0.1, 0.15) is 24.7 Å². The number of aryl methyl sites for hydroxylation is 3. The van der Waals surface area contributed by atoms with E-state index in [2.05, 4.69) is 10.1 Å². The fourth-order valence-corrected chi connectivity index (χ4v) is 3.57. The first kappa shape index (κ1) is 24.3. The Morgan fingerprint density at radius 3 is 2.59 bits per heavy atom. The summed E-state index contributed by atoms with van der Waals surface area (Å²) in [4.78, 5) is 36.4. The summed E-state index contributed by atoms with van der Waals surface area (Å²) in [5.74, 6) is -2.06. The zero-order valence-electron chi connectivity index (χ0n) is 18.7. The van der Waals surface area contributed by atoms with E-state index in [9.17, 15) is 19.7 Å². The summed E-state index contributed by atoms with van der Waals surface area (Å²) < 4.78 is 1.78. The van der Waals surface area contributed by atoms with Gasteiger partial charge in [-0.05, 0) is 38.5 Å². The van der Waals surface area contributed by atoms with Crippen LogP contribution in [0.5, 0.6) is 0 Å². The maximum atomic E-state index is 11.0. The summed E-state index contributed by atoms with van der Waals surface area (Å²) in [6, 6.07) is 10.9. The molecule has 4 rings (SSSR count). The Bertz CT molecular complexity index is 1310. The first-order chi connectivity index (χ1) is 16.1. The number of aliphatic carboxylic acids is 2. The number of carbonyl (C=O) groups is 2. The fraction of sp³-hybridized carbons (Fsp3) is 0.250. The number of rotatable bonds is 6. The number of allylic oxidation sites excluding steroid dienone is 2. The van der Waals surface area contributed by atoms with Gasteiger partial charge in [-0.1, -0.05) is 30.4 Å². The van der Waals surface area contributed by atoms with E-state index in [4.69, 9.17) is 10.2 Å². The minimum atomic E-state index is -1.08. The molecule has 2 heterocycles.